The minimum absolute atomic E-state index is 0.313. The third-order valence-electron chi connectivity index (χ3n) is 3.43. The van der Waals surface area contributed by atoms with Crippen molar-refractivity contribution in [2.24, 2.45) is 5.92 Å². The quantitative estimate of drug-likeness (QED) is 0.559. The number of hydrogen-bond donors (Lipinski definition) is 0. The first-order chi connectivity index (χ1) is 6.29. The van der Waals surface area contributed by atoms with Gasteiger partial charge in [-0.2, -0.15) is 0 Å². The average Bonchev–Trinajstić information content (AvgIpc) is 2.17. The summed E-state index contributed by atoms with van der Waals surface area (Å²) in [6, 6.07) is 0.860. The molecule has 0 saturated carbocycles. The zero-order valence-electron chi connectivity index (χ0n) is 8.58. The Morgan fingerprint density at radius 3 is 2.85 bits per heavy atom. The summed E-state index contributed by atoms with van der Waals surface area (Å²) in [4.78, 5) is 2.69. The van der Waals surface area contributed by atoms with E-state index in [2.05, 4.69) is 21.1 Å². The molecular formula is C10H19AlN2. The second-order valence-corrected chi connectivity index (χ2v) is 5.60. The second kappa shape index (κ2) is 4.13. The van der Waals surface area contributed by atoms with E-state index in [1.807, 2.05) is 0 Å². The summed E-state index contributed by atoms with van der Waals surface area (Å²) >= 11 is 0.313. The van der Waals surface area contributed by atoms with Gasteiger partial charge in [0.25, 0.3) is 0 Å². The number of piperidine rings is 1. The molecule has 13 heavy (non-hydrogen) atoms. The molecule has 2 fully saturated rings. The van der Waals surface area contributed by atoms with Gasteiger partial charge < -0.3 is 0 Å². The van der Waals surface area contributed by atoms with Gasteiger partial charge >= 0.3 is 87.1 Å². The molecular weight excluding hydrogens is 175 g/mol. The maximum atomic E-state index is 4.05. The molecule has 2 unspecified atom stereocenters. The van der Waals surface area contributed by atoms with E-state index in [9.17, 15) is 0 Å². The number of nitrogens with zero attached hydrogens (tertiary/aromatic N) is 2. The van der Waals surface area contributed by atoms with E-state index in [0.717, 1.165) is 12.0 Å². The molecule has 0 N–H and O–H groups in total. The van der Waals surface area contributed by atoms with Crippen LogP contribution in [-0.2, 0) is 0 Å². The standard InChI is InChI=1S/C9H17N2.CH2.Al/c1-8-2-3-9-6-10-4-5-11(9)7-8;;/h8-9H,2-7H2,1H3;1H2;/q-1;;+1. The van der Waals surface area contributed by atoms with Crippen LogP contribution in [-0.4, -0.2) is 61.4 Å². The molecule has 72 valence electrons. The molecule has 2 rings (SSSR count). The van der Waals surface area contributed by atoms with Crippen molar-refractivity contribution >= 4 is 20.4 Å². The molecule has 0 spiro atoms. The monoisotopic (exact) mass is 194 g/mol. The van der Waals surface area contributed by atoms with Gasteiger partial charge in [-0.1, -0.05) is 0 Å². The predicted molar refractivity (Wildman–Crippen MR) is 58.2 cm³/mol. The summed E-state index contributed by atoms with van der Waals surface area (Å²) in [6.07, 6.45) is 2.85. The number of piperazine rings is 1. The molecule has 0 aromatic heterocycles. The molecule has 0 aliphatic carbocycles. The maximum absolute atomic E-state index is 4.05. The fourth-order valence-corrected chi connectivity index (χ4v) is 3.26. The van der Waals surface area contributed by atoms with Crippen molar-refractivity contribution in [1.82, 2.24) is 8.78 Å². The molecule has 0 amide bonds. The van der Waals surface area contributed by atoms with E-state index >= 15 is 0 Å². The topological polar surface area (TPSA) is 6.48 Å². The third kappa shape index (κ3) is 2.15. The minimum atomic E-state index is 0.313. The summed E-state index contributed by atoms with van der Waals surface area (Å²) in [5, 5.41) is 4.05. The Labute approximate surface area is 87.4 Å². The molecule has 2 aliphatic heterocycles. The zero-order valence-corrected chi connectivity index (χ0v) is 9.73. The Hall–Kier alpha value is 0.162. The van der Waals surface area contributed by atoms with Gasteiger partial charge in [-0.05, 0) is 0 Å². The van der Waals surface area contributed by atoms with E-state index in [0.29, 0.717) is 15.0 Å². The number of rotatable bonds is 1. The molecule has 0 aromatic rings. The van der Waals surface area contributed by atoms with Crippen LogP contribution >= 0.6 is 0 Å². The van der Waals surface area contributed by atoms with Crippen LogP contribution in [0.5, 0.6) is 0 Å². The van der Waals surface area contributed by atoms with Crippen molar-refractivity contribution in [1.29, 1.82) is 0 Å². The van der Waals surface area contributed by atoms with Crippen molar-refractivity contribution in [3.05, 3.63) is 0 Å². The molecule has 2 nitrogen and oxygen atoms in total. The van der Waals surface area contributed by atoms with Crippen LogP contribution in [0.3, 0.4) is 0 Å². The van der Waals surface area contributed by atoms with Gasteiger partial charge in [0, 0.05) is 0 Å². The Morgan fingerprint density at radius 2 is 2.08 bits per heavy atom. The first-order valence-electron chi connectivity index (χ1n) is 5.40. The van der Waals surface area contributed by atoms with Crippen molar-refractivity contribution in [2.45, 2.75) is 25.8 Å². The Morgan fingerprint density at radius 1 is 1.23 bits per heavy atom. The van der Waals surface area contributed by atoms with Gasteiger partial charge in [0.15, 0.2) is 0 Å². The van der Waals surface area contributed by atoms with E-state index < -0.39 is 0 Å². The van der Waals surface area contributed by atoms with Gasteiger partial charge in [-0.25, -0.2) is 0 Å². The Kier molecular flexibility index (Phi) is 3.08. The van der Waals surface area contributed by atoms with E-state index in [-0.39, 0.29) is 0 Å². The van der Waals surface area contributed by atoms with Crippen molar-refractivity contribution in [3.8, 4) is 0 Å². The fourth-order valence-electron chi connectivity index (χ4n) is 2.57. The van der Waals surface area contributed by atoms with E-state index in [1.54, 1.807) is 0 Å². The zero-order chi connectivity index (χ0) is 9.26. The van der Waals surface area contributed by atoms with Gasteiger partial charge in [0.05, 0.1) is 0 Å². The summed E-state index contributed by atoms with van der Waals surface area (Å²) < 4.78 is 2.57. The summed E-state index contributed by atoms with van der Waals surface area (Å²) in [6.45, 7) is 7.57. The summed E-state index contributed by atoms with van der Waals surface area (Å²) in [7, 11) is 0. The predicted octanol–water partition coefficient (Wildman–Crippen LogP) is 0.454. The summed E-state index contributed by atoms with van der Waals surface area (Å²) in [5.41, 5.74) is 0. The van der Waals surface area contributed by atoms with Gasteiger partial charge in [0.1, 0.15) is 0 Å². The van der Waals surface area contributed by atoms with Crippen LogP contribution in [0.2, 0.25) is 0 Å². The first-order valence-corrected chi connectivity index (χ1v) is 6.73. The van der Waals surface area contributed by atoms with Crippen LogP contribution in [0.1, 0.15) is 19.8 Å². The normalized spacial score (nSPS) is 35.3. The van der Waals surface area contributed by atoms with Crippen LogP contribution < -0.4 is 0 Å². The van der Waals surface area contributed by atoms with Gasteiger partial charge in [0.2, 0.25) is 0 Å². The van der Waals surface area contributed by atoms with Crippen LogP contribution in [0, 0.1) is 5.92 Å². The summed E-state index contributed by atoms with van der Waals surface area (Å²) in [5.74, 6) is 0.926. The fraction of sp³-hybridized carbons (Fsp3) is 0.900. The van der Waals surface area contributed by atoms with Crippen molar-refractivity contribution < 1.29 is 0 Å². The Balaban J connectivity index is 1.94. The molecule has 0 bridgehead atoms. The van der Waals surface area contributed by atoms with Crippen molar-refractivity contribution in [3.63, 3.8) is 0 Å². The van der Waals surface area contributed by atoms with Crippen LogP contribution in [0.4, 0.5) is 0 Å². The SMILES string of the molecule is [CH2]=[Al][N]1CCN2CC(C)CCC2C1. The molecule has 0 radical (unpaired) electrons. The molecule has 2 atom stereocenters. The van der Waals surface area contributed by atoms with Crippen LogP contribution in [0.25, 0.3) is 0 Å². The average molecular weight is 194 g/mol. The molecule has 0 aromatic carbocycles. The third-order valence-corrected chi connectivity index (χ3v) is 4.42. The molecule has 2 aliphatic rings. The molecule has 3 heteroatoms. The van der Waals surface area contributed by atoms with Crippen LogP contribution in [0.15, 0.2) is 0 Å². The van der Waals surface area contributed by atoms with E-state index in [4.69, 9.17) is 0 Å². The molecule has 2 saturated heterocycles. The first kappa shape index (κ1) is 9.71. The van der Waals surface area contributed by atoms with Gasteiger partial charge in [-0.15, -0.1) is 0 Å². The number of fused-ring (bicyclic) bond motifs is 1. The van der Waals surface area contributed by atoms with E-state index in [1.165, 1.54) is 39.0 Å². The van der Waals surface area contributed by atoms with Gasteiger partial charge in [-0.3, -0.25) is 0 Å². The molecule has 2 heterocycles. The number of hydrogen-bond acceptors (Lipinski definition) is 2. The van der Waals surface area contributed by atoms with Crippen molar-refractivity contribution in [2.75, 3.05) is 26.2 Å². The second-order valence-electron chi connectivity index (χ2n) is 4.51. The Bertz CT molecular complexity index is 195.